The molecule has 0 atom stereocenters. The zero-order valence-corrected chi connectivity index (χ0v) is 10.2. The molecule has 1 aromatic heterocycles. The lowest BCUT2D eigenvalue weighted by Crippen LogP contribution is -2.06. The van der Waals surface area contributed by atoms with Gasteiger partial charge >= 0.3 is 5.97 Å². The molecule has 0 saturated carbocycles. The summed E-state index contributed by atoms with van der Waals surface area (Å²) in [6, 6.07) is 7.97. The van der Waals surface area contributed by atoms with E-state index in [1.165, 1.54) is 19.4 Å². The molecule has 0 unspecified atom stereocenters. The molecule has 1 heterocycles. The summed E-state index contributed by atoms with van der Waals surface area (Å²) in [5.74, 6) is -1.49. The topological polar surface area (TPSA) is 39.2 Å². The molecule has 18 heavy (non-hydrogen) atoms. The van der Waals surface area contributed by atoms with Crippen molar-refractivity contribution in [3.63, 3.8) is 0 Å². The normalized spacial score (nSPS) is 10.2. The number of esters is 1. The van der Waals surface area contributed by atoms with Gasteiger partial charge in [-0.1, -0.05) is 29.8 Å². The number of rotatable bonds is 2. The summed E-state index contributed by atoms with van der Waals surface area (Å²) in [5, 5.41) is 0.367. The van der Waals surface area contributed by atoms with Crippen molar-refractivity contribution < 1.29 is 13.9 Å². The molecular weight excluding hydrogens is 257 g/mol. The van der Waals surface area contributed by atoms with Gasteiger partial charge in [0.15, 0.2) is 5.82 Å². The highest BCUT2D eigenvalue weighted by molar-refractivity contribution is 6.33. The van der Waals surface area contributed by atoms with E-state index >= 15 is 0 Å². The van der Waals surface area contributed by atoms with E-state index in [9.17, 15) is 9.18 Å². The molecule has 0 aliphatic heterocycles. The summed E-state index contributed by atoms with van der Waals surface area (Å²) in [4.78, 5) is 15.3. The molecule has 0 amide bonds. The zero-order valence-electron chi connectivity index (χ0n) is 9.48. The predicted octanol–water partition coefficient (Wildman–Crippen LogP) is 3.33. The van der Waals surface area contributed by atoms with Gasteiger partial charge in [0.2, 0.25) is 0 Å². The van der Waals surface area contributed by atoms with E-state index in [2.05, 4.69) is 9.72 Å². The number of halogens is 2. The minimum absolute atomic E-state index is 0.0310. The monoisotopic (exact) mass is 265 g/mol. The van der Waals surface area contributed by atoms with Crippen molar-refractivity contribution in [3.8, 4) is 11.3 Å². The predicted molar refractivity (Wildman–Crippen MR) is 66.0 cm³/mol. The van der Waals surface area contributed by atoms with Crippen LogP contribution in [0.25, 0.3) is 11.3 Å². The first-order chi connectivity index (χ1) is 8.65. The Balaban J connectivity index is 2.60. The van der Waals surface area contributed by atoms with Gasteiger partial charge in [0.05, 0.1) is 17.7 Å². The van der Waals surface area contributed by atoms with E-state index in [0.717, 1.165) is 0 Å². The van der Waals surface area contributed by atoms with Gasteiger partial charge in [0.25, 0.3) is 0 Å². The SMILES string of the molecule is COC(=O)c1ccnc(-c2ccccc2Cl)c1F. The molecule has 0 aliphatic carbocycles. The molecule has 0 N–H and O–H groups in total. The van der Waals surface area contributed by atoms with Crippen molar-refractivity contribution in [2.75, 3.05) is 7.11 Å². The third kappa shape index (κ3) is 2.19. The van der Waals surface area contributed by atoms with Crippen molar-refractivity contribution in [1.82, 2.24) is 4.98 Å². The van der Waals surface area contributed by atoms with E-state index in [4.69, 9.17) is 11.6 Å². The van der Waals surface area contributed by atoms with E-state index in [1.54, 1.807) is 24.3 Å². The van der Waals surface area contributed by atoms with Crippen molar-refractivity contribution in [1.29, 1.82) is 0 Å². The second-order valence-electron chi connectivity index (χ2n) is 3.49. The van der Waals surface area contributed by atoms with Gasteiger partial charge in [0.1, 0.15) is 5.69 Å². The summed E-state index contributed by atoms with van der Waals surface area (Å²) in [6.07, 6.45) is 1.34. The van der Waals surface area contributed by atoms with Gasteiger partial charge in [-0.3, -0.25) is 4.98 Å². The third-order valence-corrected chi connectivity index (χ3v) is 2.75. The summed E-state index contributed by atoms with van der Waals surface area (Å²) >= 11 is 5.97. The van der Waals surface area contributed by atoms with Crippen LogP contribution < -0.4 is 0 Å². The average Bonchev–Trinajstić information content (AvgIpc) is 2.39. The number of hydrogen-bond donors (Lipinski definition) is 0. The lowest BCUT2D eigenvalue weighted by Gasteiger charge is -2.07. The van der Waals surface area contributed by atoms with Crippen molar-refractivity contribution >= 4 is 17.6 Å². The van der Waals surface area contributed by atoms with E-state index in [0.29, 0.717) is 10.6 Å². The third-order valence-electron chi connectivity index (χ3n) is 2.42. The van der Waals surface area contributed by atoms with Crippen LogP contribution in [0.4, 0.5) is 4.39 Å². The van der Waals surface area contributed by atoms with E-state index < -0.39 is 11.8 Å². The second-order valence-corrected chi connectivity index (χ2v) is 3.90. The van der Waals surface area contributed by atoms with Crippen LogP contribution in [-0.2, 0) is 4.74 Å². The fraction of sp³-hybridized carbons (Fsp3) is 0.0769. The number of carbonyl (C=O) groups is 1. The highest BCUT2D eigenvalue weighted by Gasteiger charge is 2.18. The Bertz CT molecular complexity index is 601. The van der Waals surface area contributed by atoms with Crippen LogP contribution in [0.1, 0.15) is 10.4 Å². The number of benzene rings is 1. The maximum absolute atomic E-state index is 14.2. The van der Waals surface area contributed by atoms with Gasteiger partial charge in [0, 0.05) is 11.8 Å². The van der Waals surface area contributed by atoms with Gasteiger partial charge in [-0.25, -0.2) is 9.18 Å². The Labute approximate surface area is 108 Å². The first-order valence-electron chi connectivity index (χ1n) is 5.13. The van der Waals surface area contributed by atoms with E-state index in [-0.39, 0.29) is 11.3 Å². The number of aromatic nitrogens is 1. The number of methoxy groups -OCH3 is 1. The van der Waals surface area contributed by atoms with Crippen molar-refractivity contribution in [2.45, 2.75) is 0 Å². The summed E-state index contributed by atoms with van der Waals surface area (Å²) in [5.41, 5.74) is 0.299. The molecule has 0 fully saturated rings. The highest BCUT2D eigenvalue weighted by atomic mass is 35.5. The van der Waals surface area contributed by atoms with Crippen LogP contribution in [0.5, 0.6) is 0 Å². The number of nitrogens with zero attached hydrogens (tertiary/aromatic N) is 1. The molecule has 0 bridgehead atoms. The molecule has 0 saturated heterocycles. The second kappa shape index (κ2) is 5.14. The maximum Gasteiger partial charge on any atom is 0.340 e. The Kier molecular flexibility index (Phi) is 3.58. The van der Waals surface area contributed by atoms with Crippen molar-refractivity contribution in [3.05, 3.63) is 52.9 Å². The first-order valence-corrected chi connectivity index (χ1v) is 5.50. The quantitative estimate of drug-likeness (QED) is 0.782. The molecule has 92 valence electrons. The Morgan fingerprint density at radius 2 is 2.06 bits per heavy atom. The number of hydrogen-bond acceptors (Lipinski definition) is 3. The zero-order chi connectivity index (χ0) is 13.1. The maximum atomic E-state index is 14.2. The van der Waals surface area contributed by atoms with Gasteiger partial charge in [-0.15, -0.1) is 0 Å². The van der Waals surface area contributed by atoms with E-state index in [1.807, 2.05) is 0 Å². The van der Waals surface area contributed by atoms with Crippen LogP contribution >= 0.6 is 11.6 Å². The van der Waals surface area contributed by atoms with Crippen LogP contribution in [-0.4, -0.2) is 18.1 Å². The summed E-state index contributed by atoms with van der Waals surface area (Å²) in [7, 11) is 1.19. The Hall–Kier alpha value is -1.94. The van der Waals surface area contributed by atoms with Gasteiger partial charge in [-0.05, 0) is 12.1 Å². The number of ether oxygens (including phenoxy) is 1. The fourth-order valence-corrected chi connectivity index (χ4v) is 1.78. The smallest absolute Gasteiger partial charge is 0.340 e. The molecule has 2 rings (SSSR count). The lowest BCUT2D eigenvalue weighted by atomic mass is 10.1. The molecule has 0 radical (unpaired) electrons. The Morgan fingerprint density at radius 3 is 2.72 bits per heavy atom. The van der Waals surface area contributed by atoms with Crippen molar-refractivity contribution in [2.24, 2.45) is 0 Å². The molecular formula is C13H9ClFNO2. The van der Waals surface area contributed by atoms with Gasteiger partial charge in [-0.2, -0.15) is 0 Å². The largest absolute Gasteiger partial charge is 0.465 e. The lowest BCUT2D eigenvalue weighted by molar-refractivity contribution is 0.0595. The standard InChI is InChI=1S/C13H9ClFNO2/c1-18-13(17)9-6-7-16-12(11(9)15)8-4-2-3-5-10(8)14/h2-7H,1H3. The minimum Gasteiger partial charge on any atom is -0.465 e. The molecule has 0 spiro atoms. The summed E-state index contributed by atoms with van der Waals surface area (Å²) < 4.78 is 18.7. The number of carbonyl (C=O) groups excluding carboxylic acids is 1. The molecule has 1 aromatic carbocycles. The molecule has 5 heteroatoms. The van der Waals surface area contributed by atoms with Crippen LogP contribution in [0, 0.1) is 5.82 Å². The van der Waals surface area contributed by atoms with Crippen LogP contribution in [0.3, 0.4) is 0 Å². The molecule has 3 nitrogen and oxygen atoms in total. The average molecular weight is 266 g/mol. The first kappa shape index (κ1) is 12.5. The van der Waals surface area contributed by atoms with Gasteiger partial charge < -0.3 is 4.74 Å². The van der Waals surface area contributed by atoms with Crippen LogP contribution in [0.2, 0.25) is 5.02 Å². The Morgan fingerprint density at radius 1 is 1.33 bits per heavy atom. The molecule has 2 aromatic rings. The van der Waals surface area contributed by atoms with Crippen LogP contribution in [0.15, 0.2) is 36.5 Å². The number of pyridine rings is 1. The minimum atomic E-state index is -0.747. The summed E-state index contributed by atoms with van der Waals surface area (Å²) in [6.45, 7) is 0. The fourth-order valence-electron chi connectivity index (χ4n) is 1.55. The highest BCUT2D eigenvalue weighted by Crippen LogP contribution is 2.29. The molecule has 0 aliphatic rings.